The number of aromatic nitrogens is 4. The number of H-pyrrole nitrogens is 1. The maximum Gasteiger partial charge on any atom is 0.277 e. The van der Waals surface area contributed by atoms with E-state index in [1.54, 1.807) is 6.20 Å². The molecule has 2 fully saturated rings. The number of piperidine rings is 1. The molecule has 2 aromatic heterocycles. The van der Waals surface area contributed by atoms with Crippen molar-refractivity contribution in [2.24, 2.45) is 22.1 Å². The highest BCUT2D eigenvalue weighted by molar-refractivity contribution is 5.90. The van der Waals surface area contributed by atoms with Crippen LogP contribution in [0.5, 0.6) is 0 Å². The number of hydrogen-bond acceptors (Lipinski definition) is 9. The molecule has 2 saturated heterocycles. The van der Waals surface area contributed by atoms with Crippen LogP contribution in [0.3, 0.4) is 0 Å². The van der Waals surface area contributed by atoms with Gasteiger partial charge in [0, 0.05) is 44.0 Å². The van der Waals surface area contributed by atoms with E-state index in [9.17, 15) is 4.79 Å². The number of benzene rings is 1. The first-order valence-corrected chi connectivity index (χ1v) is 12.9. The number of hydrogen-bond donors (Lipinski definition) is 4. The van der Waals surface area contributed by atoms with Crippen molar-refractivity contribution in [3.8, 4) is 0 Å². The van der Waals surface area contributed by atoms with Crippen LogP contribution < -0.4 is 26.5 Å². The van der Waals surface area contributed by atoms with Crippen LogP contribution in [0, 0.1) is 11.3 Å². The quantitative estimate of drug-likeness (QED) is 0.130. The van der Waals surface area contributed by atoms with Crippen LogP contribution in [-0.4, -0.2) is 52.2 Å². The van der Waals surface area contributed by atoms with Crippen LogP contribution in [0.4, 0.5) is 23.1 Å². The van der Waals surface area contributed by atoms with Gasteiger partial charge < -0.3 is 21.0 Å². The van der Waals surface area contributed by atoms with Gasteiger partial charge in [0.1, 0.15) is 22.6 Å². The highest BCUT2D eigenvalue weighted by atomic mass is 16.1. The fourth-order valence-electron chi connectivity index (χ4n) is 5.17. The molecule has 4 heterocycles. The molecule has 0 atom stereocenters. The van der Waals surface area contributed by atoms with E-state index in [1.165, 1.54) is 12.8 Å². The summed E-state index contributed by atoms with van der Waals surface area (Å²) in [5.41, 5.74) is 2.20. The molecule has 0 amide bonds. The first kappa shape index (κ1) is 24.6. The van der Waals surface area contributed by atoms with Gasteiger partial charge >= 0.3 is 0 Å². The summed E-state index contributed by atoms with van der Waals surface area (Å²) in [4.78, 5) is 26.6. The Morgan fingerprint density at radius 3 is 2.49 bits per heavy atom. The topological polar surface area (TPSA) is 165 Å². The van der Waals surface area contributed by atoms with E-state index in [2.05, 4.69) is 52.8 Å². The number of fused-ring (bicyclic) bond motifs is 1. The largest absolute Gasteiger partial charge is 0.372 e. The lowest BCUT2D eigenvalue weighted by Crippen LogP contribution is -2.34. The van der Waals surface area contributed by atoms with Crippen molar-refractivity contribution in [3.05, 3.63) is 40.8 Å². The number of nitrogens with zero attached hydrogens (tertiary/aromatic N) is 7. The summed E-state index contributed by atoms with van der Waals surface area (Å²) in [6.07, 6.45) is 8.82. The summed E-state index contributed by atoms with van der Waals surface area (Å²) in [7, 11) is 0. The van der Waals surface area contributed by atoms with Gasteiger partial charge in [-0.2, -0.15) is 10.1 Å². The number of anilines is 4. The summed E-state index contributed by atoms with van der Waals surface area (Å²) in [6, 6.07) is 8.18. The average molecular weight is 504 g/mol. The van der Waals surface area contributed by atoms with Gasteiger partial charge in [0.2, 0.25) is 5.95 Å². The lowest BCUT2D eigenvalue weighted by molar-refractivity contribution is 0.416. The maximum absolute atomic E-state index is 12.6. The Labute approximate surface area is 214 Å². The Hall–Kier alpha value is -4.09. The monoisotopic (exact) mass is 503 g/mol. The number of aromatic amines is 1. The molecule has 194 valence electrons. The van der Waals surface area contributed by atoms with Crippen molar-refractivity contribution < 1.29 is 0 Å². The van der Waals surface area contributed by atoms with Crippen LogP contribution >= 0.6 is 0 Å². The third-order valence-electron chi connectivity index (χ3n) is 7.16. The predicted molar refractivity (Wildman–Crippen MR) is 145 cm³/mol. The lowest BCUT2D eigenvalue weighted by Gasteiger charge is -2.33. The minimum atomic E-state index is -0.317. The normalized spacial score (nSPS) is 17.3. The van der Waals surface area contributed by atoms with E-state index < -0.39 is 0 Å². The number of amidine groups is 1. The first-order valence-electron chi connectivity index (χ1n) is 12.9. The molecular formula is C25H33N11O. The third-order valence-corrected chi connectivity index (χ3v) is 7.16. The second-order valence-corrected chi connectivity index (χ2v) is 9.70. The van der Waals surface area contributed by atoms with Gasteiger partial charge in [0.15, 0.2) is 0 Å². The number of rotatable bonds is 6. The van der Waals surface area contributed by atoms with Crippen molar-refractivity contribution in [1.29, 1.82) is 5.41 Å². The second-order valence-electron chi connectivity index (χ2n) is 9.70. The van der Waals surface area contributed by atoms with E-state index in [-0.39, 0.29) is 11.4 Å². The Bertz CT molecular complexity index is 1300. The molecule has 2 aliphatic heterocycles. The van der Waals surface area contributed by atoms with Gasteiger partial charge in [0.05, 0.1) is 6.20 Å². The SMILES string of the molecule is N=C(CC1CCN(c2ccc(Nc3nc(N4CCCCCC4)nc4cn[nH]c(=O)c34)cc2)CC1)/N=N\N. The Morgan fingerprint density at radius 1 is 1.05 bits per heavy atom. The molecule has 2 aliphatic rings. The molecule has 0 spiro atoms. The van der Waals surface area contributed by atoms with Gasteiger partial charge in [-0.25, -0.2) is 10.1 Å². The van der Waals surface area contributed by atoms with Crippen molar-refractivity contribution in [2.45, 2.75) is 44.9 Å². The Kier molecular flexibility index (Phi) is 7.52. The summed E-state index contributed by atoms with van der Waals surface area (Å²) in [5.74, 6) is 6.83. The zero-order valence-electron chi connectivity index (χ0n) is 20.9. The van der Waals surface area contributed by atoms with Crippen LogP contribution in [0.2, 0.25) is 0 Å². The Balaban J connectivity index is 1.31. The molecule has 1 aromatic carbocycles. The number of nitrogens with two attached hydrogens (primary N) is 1. The first-order chi connectivity index (χ1) is 18.1. The molecule has 5 N–H and O–H groups in total. The fourth-order valence-corrected chi connectivity index (χ4v) is 5.17. The molecule has 3 aromatic rings. The smallest absolute Gasteiger partial charge is 0.277 e. The van der Waals surface area contributed by atoms with Crippen molar-refractivity contribution >= 4 is 39.9 Å². The van der Waals surface area contributed by atoms with Crippen LogP contribution in [0.25, 0.3) is 10.9 Å². The zero-order chi connectivity index (χ0) is 25.6. The van der Waals surface area contributed by atoms with Gasteiger partial charge in [-0.15, -0.1) is 5.11 Å². The van der Waals surface area contributed by atoms with Crippen molar-refractivity contribution in [1.82, 2.24) is 20.2 Å². The van der Waals surface area contributed by atoms with E-state index in [4.69, 9.17) is 16.2 Å². The average Bonchev–Trinajstić information content (AvgIpc) is 3.20. The highest BCUT2D eigenvalue weighted by Gasteiger charge is 2.21. The predicted octanol–water partition coefficient (Wildman–Crippen LogP) is 3.75. The van der Waals surface area contributed by atoms with Crippen molar-refractivity contribution in [2.75, 3.05) is 41.3 Å². The molecule has 0 bridgehead atoms. The fraction of sp³-hybridized carbons (Fsp3) is 0.480. The molecule has 0 unspecified atom stereocenters. The van der Waals surface area contributed by atoms with Crippen LogP contribution in [-0.2, 0) is 0 Å². The molecule has 12 heteroatoms. The summed E-state index contributed by atoms with van der Waals surface area (Å²) < 4.78 is 0. The van der Waals surface area contributed by atoms with Crippen LogP contribution in [0.15, 0.2) is 45.6 Å². The van der Waals surface area contributed by atoms with Gasteiger partial charge in [-0.05, 0) is 55.9 Å². The molecular weight excluding hydrogens is 470 g/mol. The second kappa shape index (κ2) is 11.3. The number of nitrogens with one attached hydrogen (secondary N) is 3. The molecule has 12 nitrogen and oxygen atoms in total. The lowest BCUT2D eigenvalue weighted by atomic mass is 9.93. The summed E-state index contributed by atoms with van der Waals surface area (Å²) >= 11 is 0. The molecule has 37 heavy (non-hydrogen) atoms. The van der Waals surface area contributed by atoms with E-state index in [1.807, 2.05) is 12.1 Å². The molecule has 0 radical (unpaired) electrons. The maximum atomic E-state index is 12.6. The van der Waals surface area contributed by atoms with E-state index >= 15 is 0 Å². The van der Waals surface area contributed by atoms with Crippen LogP contribution in [0.1, 0.15) is 44.9 Å². The van der Waals surface area contributed by atoms with Gasteiger partial charge in [-0.3, -0.25) is 10.2 Å². The van der Waals surface area contributed by atoms with E-state index in [0.717, 1.165) is 63.2 Å². The summed E-state index contributed by atoms with van der Waals surface area (Å²) in [6.45, 7) is 3.65. The third kappa shape index (κ3) is 5.84. The Morgan fingerprint density at radius 2 is 1.78 bits per heavy atom. The van der Waals surface area contributed by atoms with Crippen molar-refractivity contribution in [3.63, 3.8) is 0 Å². The van der Waals surface area contributed by atoms with Gasteiger partial charge in [-0.1, -0.05) is 18.1 Å². The highest BCUT2D eigenvalue weighted by Crippen LogP contribution is 2.29. The van der Waals surface area contributed by atoms with Gasteiger partial charge in [0.25, 0.3) is 5.56 Å². The molecule has 0 aliphatic carbocycles. The summed E-state index contributed by atoms with van der Waals surface area (Å²) in [5, 5.41) is 24.9. The zero-order valence-corrected chi connectivity index (χ0v) is 20.9. The minimum absolute atomic E-state index is 0.238. The molecule has 0 saturated carbocycles. The standard InChI is InChI=1S/C25H33N11O/c26-21(32-34-27)15-17-9-13-35(14-10-17)19-7-5-18(6-8-19)29-23-22-20(16-28-33-24(22)37)30-25(31-23)36-11-3-1-2-4-12-36/h5-8,16-17H,1-4,9-15H2,(H,33,37)(H3,26,27,32)(H,29,30,31). The molecule has 5 rings (SSSR count). The van der Waals surface area contributed by atoms with E-state index in [0.29, 0.717) is 35.0 Å². The minimum Gasteiger partial charge on any atom is -0.372 e.